The van der Waals surface area contributed by atoms with Crippen LogP contribution in [0.15, 0.2) is 23.2 Å². The molecule has 3 aliphatic rings. The zero-order valence-electron chi connectivity index (χ0n) is 19.7. The summed E-state index contributed by atoms with van der Waals surface area (Å²) in [6.07, 6.45) is 8.30. The fourth-order valence-electron chi connectivity index (χ4n) is 5.26. The molecule has 178 valence electrons. The van der Waals surface area contributed by atoms with E-state index in [9.17, 15) is 0 Å². The Labute approximate surface area is 192 Å². The topological polar surface area (TPSA) is 64.6 Å². The van der Waals surface area contributed by atoms with Crippen LogP contribution < -0.4 is 14.8 Å². The third-order valence-electron chi connectivity index (χ3n) is 7.10. The van der Waals surface area contributed by atoms with Crippen LogP contribution in [0.25, 0.3) is 0 Å². The number of fused-ring (bicyclic) bond motifs is 1. The van der Waals surface area contributed by atoms with E-state index in [-0.39, 0.29) is 5.41 Å². The molecule has 0 unspecified atom stereocenters. The van der Waals surface area contributed by atoms with Crippen molar-refractivity contribution in [2.75, 3.05) is 60.2 Å². The number of methoxy groups -OCH3 is 1. The van der Waals surface area contributed by atoms with Gasteiger partial charge >= 0.3 is 0 Å². The van der Waals surface area contributed by atoms with Crippen LogP contribution in [0.3, 0.4) is 0 Å². The minimum absolute atomic E-state index is 0.120. The maximum Gasteiger partial charge on any atom is 0.193 e. The van der Waals surface area contributed by atoms with E-state index in [0.29, 0.717) is 19.3 Å². The molecule has 0 amide bonds. The van der Waals surface area contributed by atoms with Crippen LogP contribution in [0.2, 0.25) is 0 Å². The number of guanidine groups is 1. The van der Waals surface area contributed by atoms with Gasteiger partial charge in [-0.2, -0.15) is 0 Å². The Bertz CT molecular complexity index is 756. The number of hydrogen-bond acceptors (Lipinski definition) is 5. The van der Waals surface area contributed by atoms with E-state index in [1.807, 2.05) is 7.05 Å². The van der Waals surface area contributed by atoms with E-state index >= 15 is 0 Å². The molecule has 1 aromatic rings. The van der Waals surface area contributed by atoms with Crippen LogP contribution in [0.1, 0.15) is 50.5 Å². The lowest BCUT2D eigenvalue weighted by atomic mass is 9.78. The van der Waals surface area contributed by atoms with Crippen molar-refractivity contribution in [3.8, 4) is 11.5 Å². The minimum atomic E-state index is 0.120. The first kappa shape index (κ1) is 23.2. The third-order valence-corrected chi connectivity index (χ3v) is 7.10. The summed E-state index contributed by atoms with van der Waals surface area (Å²) in [5.41, 5.74) is 1.47. The highest BCUT2D eigenvalue weighted by Gasteiger charge is 2.37. The number of nitrogens with one attached hydrogen (secondary N) is 1. The SMILES string of the molecule is CN=C(NCC1(c2ccc3c(c2)OCCO3)CCCC1)N1CCC(OCCCOC)CC1. The summed E-state index contributed by atoms with van der Waals surface area (Å²) in [5.74, 6) is 2.76. The Morgan fingerprint density at radius 2 is 1.88 bits per heavy atom. The fourth-order valence-corrected chi connectivity index (χ4v) is 5.26. The number of likely N-dealkylation sites (tertiary alicyclic amines) is 1. The normalized spacial score (nSPS) is 21.1. The van der Waals surface area contributed by atoms with Crippen molar-refractivity contribution in [3.05, 3.63) is 23.8 Å². The number of hydrogen-bond donors (Lipinski definition) is 1. The third kappa shape index (κ3) is 5.49. The van der Waals surface area contributed by atoms with Gasteiger partial charge in [0, 0.05) is 52.4 Å². The maximum absolute atomic E-state index is 6.02. The van der Waals surface area contributed by atoms with Crippen LogP contribution in [-0.4, -0.2) is 77.2 Å². The van der Waals surface area contributed by atoms with Gasteiger partial charge in [0.05, 0.1) is 6.10 Å². The summed E-state index contributed by atoms with van der Waals surface area (Å²) in [5, 5.41) is 3.72. The molecular weight excluding hydrogens is 406 g/mol. The van der Waals surface area contributed by atoms with Gasteiger partial charge in [-0.05, 0) is 49.8 Å². The Balaban J connectivity index is 1.33. The van der Waals surface area contributed by atoms with Gasteiger partial charge in [0.1, 0.15) is 13.2 Å². The Hall–Kier alpha value is -1.99. The van der Waals surface area contributed by atoms with Gasteiger partial charge in [-0.1, -0.05) is 18.9 Å². The van der Waals surface area contributed by atoms with E-state index in [4.69, 9.17) is 18.9 Å². The average Bonchev–Trinajstić information content (AvgIpc) is 3.33. The Morgan fingerprint density at radius 3 is 2.59 bits per heavy atom. The van der Waals surface area contributed by atoms with Gasteiger partial charge in [-0.25, -0.2) is 0 Å². The van der Waals surface area contributed by atoms with Crippen LogP contribution in [-0.2, 0) is 14.9 Å². The van der Waals surface area contributed by atoms with Crippen molar-refractivity contribution in [1.82, 2.24) is 10.2 Å². The van der Waals surface area contributed by atoms with Gasteiger partial charge in [0.25, 0.3) is 0 Å². The van der Waals surface area contributed by atoms with Crippen LogP contribution in [0.5, 0.6) is 11.5 Å². The van der Waals surface area contributed by atoms with Crippen LogP contribution in [0, 0.1) is 0 Å². The molecule has 2 heterocycles. The van der Waals surface area contributed by atoms with Crippen molar-refractivity contribution in [2.45, 2.75) is 56.5 Å². The van der Waals surface area contributed by atoms with Gasteiger partial charge in [0.15, 0.2) is 17.5 Å². The second-order valence-electron chi connectivity index (χ2n) is 9.15. The molecule has 1 saturated heterocycles. The lowest BCUT2D eigenvalue weighted by Crippen LogP contribution is -2.50. The second kappa shape index (κ2) is 11.2. The molecule has 4 rings (SSSR count). The maximum atomic E-state index is 6.02. The van der Waals surface area contributed by atoms with Gasteiger partial charge < -0.3 is 29.2 Å². The molecule has 0 atom stereocenters. The summed E-state index contributed by atoms with van der Waals surface area (Å²) < 4.78 is 22.7. The second-order valence-corrected chi connectivity index (χ2v) is 9.15. The largest absolute Gasteiger partial charge is 0.486 e. The zero-order chi connectivity index (χ0) is 22.2. The molecule has 1 aromatic carbocycles. The lowest BCUT2D eigenvalue weighted by Gasteiger charge is -2.37. The van der Waals surface area contributed by atoms with E-state index in [1.54, 1.807) is 7.11 Å². The quantitative estimate of drug-likeness (QED) is 0.376. The molecule has 0 bridgehead atoms. The summed E-state index contributed by atoms with van der Waals surface area (Å²) >= 11 is 0. The van der Waals surface area contributed by atoms with Crippen molar-refractivity contribution in [1.29, 1.82) is 0 Å². The standard InChI is InChI=1S/C25H39N3O4/c1-26-24(28-12-8-21(9-13-28)30-15-5-14-29-2)27-19-25(10-3-4-11-25)20-6-7-22-23(18-20)32-17-16-31-22/h6-7,18,21H,3-5,8-17,19H2,1-2H3,(H,26,27). The summed E-state index contributed by atoms with van der Waals surface area (Å²) in [4.78, 5) is 6.99. The molecule has 7 nitrogen and oxygen atoms in total. The molecule has 2 aliphatic heterocycles. The molecule has 7 heteroatoms. The number of piperidine rings is 1. The van der Waals surface area contributed by atoms with Crippen LogP contribution >= 0.6 is 0 Å². The zero-order valence-corrected chi connectivity index (χ0v) is 19.7. The number of benzene rings is 1. The predicted octanol–water partition coefficient (Wildman–Crippen LogP) is 3.36. The molecule has 0 radical (unpaired) electrons. The molecule has 1 saturated carbocycles. The van der Waals surface area contributed by atoms with E-state index in [1.165, 1.54) is 31.2 Å². The first-order chi connectivity index (χ1) is 15.7. The Kier molecular flexibility index (Phi) is 8.14. The number of ether oxygens (including phenoxy) is 4. The summed E-state index contributed by atoms with van der Waals surface area (Å²) in [7, 11) is 3.63. The predicted molar refractivity (Wildman–Crippen MR) is 126 cm³/mol. The van der Waals surface area contributed by atoms with E-state index < -0.39 is 0 Å². The lowest BCUT2D eigenvalue weighted by molar-refractivity contribution is 0.00987. The van der Waals surface area contributed by atoms with Crippen molar-refractivity contribution in [2.24, 2.45) is 4.99 Å². The highest BCUT2D eigenvalue weighted by molar-refractivity contribution is 5.80. The first-order valence-electron chi connectivity index (χ1n) is 12.2. The minimum Gasteiger partial charge on any atom is -0.486 e. The number of aliphatic imine (C=N–C) groups is 1. The molecule has 1 N–H and O–H groups in total. The van der Waals surface area contributed by atoms with E-state index in [2.05, 4.69) is 33.4 Å². The molecular formula is C25H39N3O4. The van der Waals surface area contributed by atoms with Crippen LogP contribution in [0.4, 0.5) is 0 Å². The van der Waals surface area contributed by atoms with Crippen molar-refractivity contribution in [3.63, 3.8) is 0 Å². The molecule has 1 aliphatic carbocycles. The van der Waals surface area contributed by atoms with Gasteiger partial charge in [0.2, 0.25) is 0 Å². The van der Waals surface area contributed by atoms with Crippen molar-refractivity contribution >= 4 is 5.96 Å². The highest BCUT2D eigenvalue weighted by Crippen LogP contribution is 2.43. The Morgan fingerprint density at radius 1 is 1.12 bits per heavy atom. The molecule has 2 fully saturated rings. The molecule has 32 heavy (non-hydrogen) atoms. The number of rotatable bonds is 8. The highest BCUT2D eigenvalue weighted by atomic mass is 16.6. The van der Waals surface area contributed by atoms with E-state index in [0.717, 1.165) is 69.6 Å². The summed E-state index contributed by atoms with van der Waals surface area (Å²) in [6, 6.07) is 6.52. The summed E-state index contributed by atoms with van der Waals surface area (Å²) in [6.45, 7) is 5.65. The first-order valence-corrected chi connectivity index (χ1v) is 12.2. The number of nitrogens with zero attached hydrogens (tertiary/aromatic N) is 2. The fraction of sp³-hybridized carbons (Fsp3) is 0.720. The van der Waals surface area contributed by atoms with Gasteiger partial charge in [-0.15, -0.1) is 0 Å². The van der Waals surface area contributed by atoms with Gasteiger partial charge in [-0.3, -0.25) is 4.99 Å². The monoisotopic (exact) mass is 445 g/mol. The average molecular weight is 446 g/mol. The van der Waals surface area contributed by atoms with Crippen molar-refractivity contribution < 1.29 is 18.9 Å². The smallest absolute Gasteiger partial charge is 0.193 e. The molecule has 0 spiro atoms. The molecule has 0 aromatic heterocycles.